The highest BCUT2D eigenvalue weighted by atomic mass is 79.9. The Kier molecular flexibility index (Phi) is 2.21. The summed E-state index contributed by atoms with van der Waals surface area (Å²) < 4.78 is 0. The highest BCUT2D eigenvalue weighted by Crippen LogP contribution is 2.18. The summed E-state index contributed by atoms with van der Waals surface area (Å²) >= 11 is 3.34. The SMILES string of the molecule is Cc1nc(CBr)nc2c1C=[C+]C=C2. The first kappa shape index (κ1) is 8.54. The van der Waals surface area contributed by atoms with E-state index in [0.717, 1.165) is 22.8 Å². The third kappa shape index (κ3) is 1.53. The summed E-state index contributed by atoms with van der Waals surface area (Å²) in [5.74, 6) is 0.830. The van der Waals surface area contributed by atoms with Crippen molar-refractivity contribution in [1.29, 1.82) is 0 Å². The van der Waals surface area contributed by atoms with Crippen LogP contribution in [0.15, 0.2) is 6.08 Å². The number of aromatic nitrogens is 2. The molecule has 0 aromatic carbocycles. The number of hydrogen-bond acceptors (Lipinski definition) is 2. The van der Waals surface area contributed by atoms with E-state index in [1.807, 2.05) is 25.2 Å². The molecule has 0 unspecified atom stereocenters. The van der Waals surface area contributed by atoms with Gasteiger partial charge in [0.15, 0.2) is 5.69 Å². The lowest BCUT2D eigenvalue weighted by atomic mass is 10.1. The van der Waals surface area contributed by atoms with E-state index in [1.165, 1.54) is 0 Å². The first-order valence-corrected chi connectivity index (χ1v) is 5.12. The number of alkyl halides is 1. The van der Waals surface area contributed by atoms with E-state index in [4.69, 9.17) is 0 Å². The second kappa shape index (κ2) is 3.36. The largest absolute Gasteiger partial charge is 0.222 e. The first-order chi connectivity index (χ1) is 6.31. The van der Waals surface area contributed by atoms with E-state index in [2.05, 4.69) is 32.0 Å². The van der Waals surface area contributed by atoms with Crippen molar-refractivity contribution >= 4 is 28.1 Å². The van der Waals surface area contributed by atoms with E-state index >= 15 is 0 Å². The molecule has 0 saturated carbocycles. The fourth-order valence-corrected chi connectivity index (χ4v) is 1.54. The Labute approximate surface area is 85.5 Å². The summed E-state index contributed by atoms with van der Waals surface area (Å²) in [6.07, 6.45) is 8.76. The van der Waals surface area contributed by atoms with Gasteiger partial charge < -0.3 is 0 Å². The van der Waals surface area contributed by atoms with Crippen LogP contribution >= 0.6 is 15.9 Å². The summed E-state index contributed by atoms with van der Waals surface area (Å²) in [5, 5.41) is 0.697. The maximum absolute atomic E-state index is 4.38. The minimum atomic E-state index is 0.697. The Hall–Kier alpha value is -1.05. The Balaban J connectivity index is 2.61. The van der Waals surface area contributed by atoms with E-state index in [9.17, 15) is 0 Å². The summed E-state index contributed by atoms with van der Waals surface area (Å²) in [5.41, 5.74) is 3.07. The van der Waals surface area contributed by atoms with Crippen LogP contribution in [0.25, 0.3) is 12.2 Å². The van der Waals surface area contributed by atoms with Crippen LogP contribution in [0.3, 0.4) is 0 Å². The first-order valence-electron chi connectivity index (χ1n) is 4.00. The lowest BCUT2D eigenvalue weighted by Gasteiger charge is -2.01. The molecule has 0 atom stereocenters. The number of allylic oxidation sites excluding steroid dienone is 2. The van der Waals surface area contributed by atoms with Gasteiger partial charge in [0, 0.05) is 6.08 Å². The van der Waals surface area contributed by atoms with Gasteiger partial charge in [-0.1, -0.05) is 15.9 Å². The Bertz CT molecular complexity index is 394. The van der Waals surface area contributed by atoms with Crippen molar-refractivity contribution in [2.45, 2.75) is 12.3 Å². The van der Waals surface area contributed by atoms with Crippen molar-refractivity contribution in [2.24, 2.45) is 0 Å². The molecular weight excluding hydrogens is 228 g/mol. The molecule has 13 heavy (non-hydrogen) atoms. The average Bonchev–Trinajstić information content (AvgIpc) is 2.18. The predicted molar refractivity (Wildman–Crippen MR) is 56.1 cm³/mol. The van der Waals surface area contributed by atoms with Crippen molar-refractivity contribution in [3.05, 3.63) is 34.9 Å². The molecular formula is C10H8BrN2+. The second-order valence-corrected chi connectivity index (χ2v) is 3.36. The molecule has 1 aliphatic carbocycles. The van der Waals surface area contributed by atoms with Crippen LogP contribution in [0.2, 0.25) is 0 Å². The van der Waals surface area contributed by atoms with Gasteiger partial charge in [-0.15, -0.1) is 0 Å². The minimum absolute atomic E-state index is 0.697. The predicted octanol–water partition coefficient (Wildman–Crippen LogP) is 2.52. The minimum Gasteiger partial charge on any atom is -0.222 e. The van der Waals surface area contributed by atoms with Gasteiger partial charge in [-0.2, -0.15) is 0 Å². The zero-order valence-electron chi connectivity index (χ0n) is 7.21. The molecule has 0 spiro atoms. The van der Waals surface area contributed by atoms with Gasteiger partial charge in [-0.25, -0.2) is 9.97 Å². The number of nitrogens with zero attached hydrogens (tertiary/aromatic N) is 2. The zero-order chi connectivity index (χ0) is 9.26. The molecule has 0 saturated heterocycles. The molecule has 0 radical (unpaired) electrons. The molecule has 1 aromatic rings. The monoisotopic (exact) mass is 235 g/mol. The van der Waals surface area contributed by atoms with Crippen LogP contribution in [0.5, 0.6) is 0 Å². The van der Waals surface area contributed by atoms with Gasteiger partial charge in [0.05, 0.1) is 11.4 Å². The summed E-state index contributed by atoms with van der Waals surface area (Å²) in [7, 11) is 0. The van der Waals surface area contributed by atoms with E-state index in [1.54, 1.807) is 0 Å². The third-order valence-electron chi connectivity index (χ3n) is 1.90. The third-order valence-corrected chi connectivity index (χ3v) is 2.40. The van der Waals surface area contributed by atoms with Gasteiger partial charge in [0.2, 0.25) is 0 Å². The number of fused-ring (bicyclic) bond motifs is 1. The van der Waals surface area contributed by atoms with Crippen LogP contribution < -0.4 is 0 Å². The van der Waals surface area contributed by atoms with Gasteiger partial charge in [-0.05, 0) is 6.92 Å². The van der Waals surface area contributed by atoms with Gasteiger partial charge in [-0.3, -0.25) is 0 Å². The Morgan fingerprint density at radius 2 is 2.31 bits per heavy atom. The number of aryl methyl sites for hydroxylation is 1. The van der Waals surface area contributed by atoms with Gasteiger partial charge >= 0.3 is 0 Å². The molecule has 0 bridgehead atoms. The van der Waals surface area contributed by atoms with Crippen molar-refractivity contribution in [2.75, 3.05) is 0 Å². The highest BCUT2D eigenvalue weighted by Gasteiger charge is 2.15. The van der Waals surface area contributed by atoms with Crippen LogP contribution in [-0.4, -0.2) is 9.97 Å². The van der Waals surface area contributed by atoms with Crippen molar-refractivity contribution in [3.63, 3.8) is 0 Å². The topological polar surface area (TPSA) is 25.8 Å². The fourth-order valence-electron chi connectivity index (χ4n) is 1.29. The van der Waals surface area contributed by atoms with Crippen LogP contribution in [0.1, 0.15) is 22.8 Å². The smallest absolute Gasteiger partial charge is 0.185 e. The molecule has 2 nitrogen and oxygen atoms in total. The number of halogens is 1. The van der Waals surface area contributed by atoms with Crippen molar-refractivity contribution in [1.82, 2.24) is 9.97 Å². The quantitative estimate of drug-likeness (QED) is 0.553. The normalized spacial score (nSPS) is 12.5. The molecule has 0 N–H and O–H groups in total. The lowest BCUT2D eigenvalue weighted by Crippen LogP contribution is -2.01. The maximum atomic E-state index is 4.38. The maximum Gasteiger partial charge on any atom is 0.185 e. The van der Waals surface area contributed by atoms with Crippen LogP contribution in [0.4, 0.5) is 0 Å². The molecule has 0 amide bonds. The molecule has 1 aliphatic rings. The summed E-state index contributed by atoms with van der Waals surface area (Å²) in [6.45, 7) is 1.99. The van der Waals surface area contributed by atoms with E-state index in [-0.39, 0.29) is 0 Å². The van der Waals surface area contributed by atoms with Gasteiger partial charge in [0.25, 0.3) is 0 Å². The van der Waals surface area contributed by atoms with Crippen LogP contribution in [0, 0.1) is 13.0 Å². The molecule has 3 heteroatoms. The molecule has 1 heterocycles. The number of hydrogen-bond donors (Lipinski definition) is 0. The Morgan fingerprint density at radius 3 is 3.08 bits per heavy atom. The van der Waals surface area contributed by atoms with E-state index in [0.29, 0.717) is 5.33 Å². The molecule has 2 rings (SSSR count). The fraction of sp³-hybridized carbons (Fsp3) is 0.200. The van der Waals surface area contributed by atoms with Crippen LogP contribution in [-0.2, 0) is 5.33 Å². The summed E-state index contributed by atoms with van der Waals surface area (Å²) in [4.78, 5) is 8.72. The molecule has 0 aliphatic heterocycles. The summed E-state index contributed by atoms with van der Waals surface area (Å²) in [6, 6.07) is 0. The Morgan fingerprint density at radius 1 is 1.46 bits per heavy atom. The van der Waals surface area contributed by atoms with Gasteiger partial charge in [0.1, 0.15) is 29.2 Å². The van der Waals surface area contributed by atoms with Crippen molar-refractivity contribution in [3.8, 4) is 0 Å². The zero-order valence-corrected chi connectivity index (χ0v) is 8.80. The average molecular weight is 236 g/mol. The standard InChI is InChI=1S/C10H8BrN2/c1-7-8-4-2-3-5-9(8)13-10(6-11)12-7/h3-5H,6H2,1H3/q+1. The van der Waals surface area contributed by atoms with E-state index < -0.39 is 0 Å². The number of rotatable bonds is 1. The highest BCUT2D eigenvalue weighted by molar-refractivity contribution is 9.08. The molecule has 64 valence electrons. The van der Waals surface area contributed by atoms with Crippen molar-refractivity contribution < 1.29 is 0 Å². The molecule has 0 fully saturated rings. The second-order valence-electron chi connectivity index (χ2n) is 2.80. The lowest BCUT2D eigenvalue weighted by molar-refractivity contribution is 0.984. The molecule has 1 aromatic heterocycles.